The van der Waals surface area contributed by atoms with Crippen molar-refractivity contribution in [1.82, 2.24) is 0 Å². The molecule has 0 unspecified atom stereocenters. The fourth-order valence-corrected chi connectivity index (χ4v) is 1.16. The number of hydrogen-bond acceptors (Lipinski definition) is 2. The van der Waals surface area contributed by atoms with Crippen LogP contribution in [-0.4, -0.2) is 10.6 Å². The zero-order chi connectivity index (χ0) is 11.6. The van der Waals surface area contributed by atoms with E-state index in [-0.39, 0.29) is 10.7 Å². The zero-order valence-corrected chi connectivity index (χ0v) is 9.15. The first-order chi connectivity index (χ1) is 6.99. The molecule has 7 heteroatoms. The van der Waals surface area contributed by atoms with Crippen molar-refractivity contribution in [3.05, 3.63) is 34.9 Å². The van der Waals surface area contributed by atoms with Gasteiger partial charge in [0.15, 0.2) is 23.3 Å². The number of carbonyl (C=O) groups excluding carboxylic acids is 1. The number of hydrogen-bond donors (Lipinski definition) is 0. The second kappa shape index (κ2) is 4.77. The summed E-state index contributed by atoms with van der Waals surface area (Å²) >= 11 is 1.59. The van der Waals surface area contributed by atoms with E-state index in [0.29, 0.717) is 0 Å². The molecule has 0 spiro atoms. The standard InChI is InChI=1S/C8H3F4IO2/c9-3-1-4(10)7(12)5(6(3)11)8(14)15-2-13/h1H,2H2. The Bertz CT molecular complexity index is 382. The molecular formula is C8H3F4IO2. The Labute approximate surface area is 95.4 Å². The van der Waals surface area contributed by atoms with Crippen molar-refractivity contribution in [2.45, 2.75) is 0 Å². The van der Waals surface area contributed by atoms with E-state index in [1.807, 2.05) is 0 Å². The summed E-state index contributed by atoms with van der Waals surface area (Å²) in [5.74, 6) is -8.26. The number of esters is 1. The van der Waals surface area contributed by atoms with Crippen molar-refractivity contribution < 1.29 is 27.1 Å². The molecule has 0 amide bonds. The maximum Gasteiger partial charge on any atom is 0.345 e. The maximum atomic E-state index is 12.9. The van der Waals surface area contributed by atoms with Crippen molar-refractivity contribution in [3.8, 4) is 0 Å². The van der Waals surface area contributed by atoms with Gasteiger partial charge in [-0.15, -0.1) is 0 Å². The summed E-state index contributed by atoms with van der Waals surface area (Å²) in [5, 5.41) is 0. The molecule has 0 radical (unpaired) electrons. The molecule has 1 aromatic carbocycles. The minimum absolute atomic E-state index is 0.0193. The van der Waals surface area contributed by atoms with Crippen molar-refractivity contribution >= 4 is 28.6 Å². The number of rotatable bonds is 2. The minimum atomic E-state index is -1.76. The molecule has 0 heterocycles. The molecule has 0 aliphatic carbocycles. The summed E-state index contributed by atoms with van der Waals surface area (Å²) in [6.07, 6.45) is 0. The predicted molar refractivity (Wildman–Crippen MR) is 50.6 cm³/mol. The third kappa shape index (κ3) is 2.39. The molecule has 0 aliphatic heterocycles. The summed E-state index contributed by atoms with van der Waals surface area (Å²) in [6, 6.07) is 0.0193. The van der Waals surface area contributed by atoms with Gasteiger partial charge in [-0.2, -0.15) is 0 Å². The van der Waals surface area contributed by atoms with Gasteiger partial charge in [0.05, 0.1) is 0 Å². The molecule has 0 fully saturated rings. The lowest BCUT2D eigenvalue weighted by Gasteiger charge is -2.05. The lowest BCUT2D eigenvalue weighted by Crippen LogP contribution is -2.12. The van der Waals surface area contributed by atoms with Crippen LogP contribution in [0.2, 0.25) is 0 Å². The number of halogens is 5. The number of alkyl halides is 1. The largest absolute Gasteiger partial charge is 0.451 e. The first-order valence-corrected chi connectivity index (χ1v) is 5.07. The molecule has 1 rings (SSSR count). The summed E-state index contributed by atoms with van der Waals surface area (Å²) in [6.45, 7) is 0. The van der Waals surface area contributed by atoms with Crippen molar-refractivity contribution in [2.75, 3.05) is 4.61 Å². The summed E-state index contributed by atoms with van der Waals surface area (Å²) in [4.78, 5) is 11.0. The van der Waals surface area contributed by atoms with Gasteiger partial charge in [-0.05, 0) is 22.6 Å². The van der Waals surface area contributed by atoms with Crippen LogP contribution in [0.15, 0.2) is 6.07 Å². The van der Waals surface area contributed by atoms with Gasteiger partial charge in [0.1, 0.15) is 10.2 Å². The second-order valence-corrected chi connectivity index (χ2v) is 3.01. The maximum absolute atomic E-state index is 12.9. The highest BCUT2D eigenvalue weighted by Crippen LogP contribution is 2.20. The van der Waals surface area contributed by atoms with E-state index in [0.717, 1.165) is 0 Å². The Kier molecular flexibility index (Phi) is 3.89. The molecule has 0 atom stereocenters. The Morgan fingerprint density at radius 2 is 1.67 bits per heavy atom. The molecule has 2 nitrogen and oxygen atoms in total. The van der Waals surface area contributed by atoms with E-state index < -0.39 is 34.8 Å². The lowest BCUT2D eigenvalue weighted by molar-refractivity contribution is 0.0576. The van der Waals surface area contributed by atoms with Crippen LogP contribution in [0.5, 0.6) is 0 Å². The van der Waals surface area contributed by atoms with Crippen LogP contribution in [0.4, 0.5) is 17.6 Å². The van der Waals surface area contributed by atoms with E-state index >= 15 is 0 Å². The van der Waals surface area contributed by atoms with Crippen molar-refractivity contribution in [3.63, 3.8) is 0 Å². The zero-order valence-electron chi connectivity index (χ0n) is 6.99. The van der Waals surface area contributed by atoms with Gasteiger partial charge in [-0.3, -0.25) is 0 Å². The van der Waals surface area contributed by atoms with E-state index in [9.17, 15) is 22.4 Å². The van der Waals surface area contributed by atoms with Crippen molar-refractivity contribution in [2.24, 2.45) is 0 Å². The fourth-order valence-electron chi connectivity index (χ4n) is 0.874. The highest BCUT2D eigenvalue weighted by atomic mass is 127. The molecule has 1 aromatic rings. The molecule has 0 bridgehead atoms. The quantitative estimate of drug-likeness (QED) is 0.273. The first-order valence-electron chi connectivity index (χ1n) is 3.55. The first kappa shape index (κ1) is 12.2. The van der Waals surface area contributed by atoms with E-state index in [4.69, 9.17) is 0 Å². The molecule has 0 aliphatic rings. The molecule has 0 saturated carbocycles. The average molecular weight is 334 g/mol. The smallest absolute Gasteiger partial charge is 0.345 e. The molecule has 0 aromatic heterocycles. The number of ether oxygens (including phenoxy) is 1. The topological polar surface area (TPSA) is 26.3 Å². The molecule has 82 valence electrons. The van der Waals surface area contributed by atoms with Crippen molar-refractivity contribution in [1.29, 1.82) is 0 Å². The van der Waals surface area contributed by atoms with Gasteiger partial charge >= 0.3 is 5.97 Å². The lowest BCUT2D eigenvalue weighted by atomic mass is 10.2. The van der Waals surface area contributed by atoms with Crippen LogP contribution in [0, 0.1) is 23.3 Å². The third-order valence-electron chi connectivity index (χ3n) is 1.50. The summed E-state index contributed by atoms with van der Waals surface area (Å²) in [5.41, 5.74) is -1.36. The second-order valence-electron chi connectivity index (χ2n) is 2.38. The van der Waals surface area contributed by atoms with Gasteiger partial charge in [-0.1, -0.05) is 0 Å². The molecule has 15 heavy (non-hydrogen) atoms. The monoisotopic (exact) mass is 334 g/mol. The van der Waals surface area contributed by atoms with Gasteiger partial charge in [0.2, 0.25) is 0 Å². The summed E-state index contributed by atoms with van der Waals surface area (Å²) in [7, 11) is 0. The van der Waals surface area contributed by atoms with Gasteiger partial charge < -0.3 is 4.74 Å². The Hall–Kier alpha value is -0.860. The van der Waals surface area contributed by atoms with Crippen LogP contribution in [0.25, 0.3) is 0 Å². The van der Waals surface area contributed by atoms with Crippen LogP contribution in [0.1, 0.15) is 10.4 Å². The molecule has 0 saturated heterocycles. The van der Waals surface area contributed by atoms with Gasteiger partial charge in [0.25, 0.3) is 0 Å². The van der Waals surface area contributed by atoms with E-state index in [1.165, 1.54) is 0 Å². The van der Waals surface area contributed by atoms with Gasteiger partial charge in [-0.25, -0.2) is 22.4 Å². The van der Waals surface area contributed by atoms with E-state index in [1.54, 1.807) is 22.6 Å². The third-order valence-corrected chi connectivity index (χ3v) is 1.81. The number of benzene rings is 1. The minimum Gasteiger partial charge on any atom is -0.451 e. The summed E-state index contributed by atoms with van der Waals surface area (Å²) < 4.78 is 55.2. The van der Waals surface area contributed by atoms with Crippen LogP contribution in [0.3, 0.4) is 0 Å². The molecular weight excluding hydrogens is 331 g/mol. The average Bonchev–Trinajstić information content (AvgIpc) is 2.16. The fraction of sp³-hybridized carbons (Fsp3) is 0.125. The SMILES string of the molecule is O=C(OCI)c1c(F)c(F)cc(F)c1F. The Balaban J connectivity index is 3.32. The normalized spacial score (nSPS) is 10.2. The van der Waals surface area contributed by atoms with Gasteiger partial charge in [0, 0.05) is 6.07 Å². The number of carbonyl (C=O) groups is 1. The van der Waals surface area contributed by atoms with Crippen LogP contribution >= 0.6 is 22.6 Å². The Morgan fingerprint density at radius 3 is 2.07 bits per heavy atom. The predicted octanol–water partition coefficient (Wildman–Crippen LogP) is 2.79. The van der Waals surface area contributed by atoms with Crippen LogP contribution in [-0.2, 0) is 4.74 Å². The Morgan fingerprint density at radius 1 is 1.20 bits per heavy atom. The molecule has 0 N–H and O–H groups in total. The highest BCUT2D eigenvalue weighted by Gasteiger charge is 2.25. The highest BCUT2D eigenvalue weighted by molar-refractivity contribution is 14.1. The van der Waals surface area contributed by atoms with Crippen LogP contribution < -0.4 is 0 Å². The van der Waals surface area contributed by atoms with E-state index in [2.05, 4.69) is 4.74 Å².